The van der Waals surface area contributed by atoms with Gasteiger partial charge in [-0.1, -0.05) is 0 Å². The number of aromatic nitrogens is 2. The van der Waals surface area contributed by atoms with Gasteiger partial charge in [0.15, 0.2) is 0 Å². The van der Waals surface area contributed by atoms with Crippen molar-refractivity contribution in [3.05, 3.63) is 57.2 Å². The highest BCUT2D eigenvalue weighted by molar-refractivity contribution is 5.47. The Bertz CT molecular complexity index is 664. The number of rotatable bonds is 5. The molecular formula is C15H20N4O2. The van der Waals surface area contributed by atoms with Crippen LogP contribution in [0.2, 0.25) is 0 Å². The fourth-order valence-corrected chi connectivity index (χ4v) is 2.48. The molecule has 0 saturated heterocycles. The van der Waals surface area contributed by atoms with Crippen molar-refractivity contribution in [3.63, 3.8) is 0 Å². The van der Waals surface area contributed by atoms with Gasteiger partial charge in [-0.15, -0.1) is 0 Å². The van der Waals surface area contributed by atoms with Gasteiger partial charge < -0.3 is 9.88 Å². The molecule has 1 atom stereocenters. The SMILES string of the molecule is CNC(C)c1cccn1Cc1ncc(C)c([N+](=O)[O-])c1C. The van der Waals surface area contributed by atoms with Crippen LogP contribution in [0.25, 0.3) is 0 Å². The molecule has 0 aliphatic carbocycles. The van der Waals surface area contributed by atoms with Gasteiger partial charge in [-0.2, -0.15) is 0 Å². The lowest BCUT2D eigenvalue weighted by atomic mass is 10.1. The predicted molar refractivity (Wildman–Crippen MR) is 81.4 cm³/mol. The zero-order valence-electron chi connectivity index (χ0n) is 12.8. The maximum Gasteiger partial charge on any atom is 0.278 e. The zero-order chi connectivity index (χ0) is 15.6. The normalized spacial score (nSPS) is 12.4. The van der Waals surface area contributed by atoms with Crippen LogP contribution in [0.3, 0.4) is 0 Å². The third-order valence-electron chi connectivity index (χ3n) is 3.82. The number of nitrogens with one attached hydrogen (secondary N) is 1. The van der Waals surface area contributed by atoms with Gasteiger partial charge >= 0.3 is 0 Å². The van der Waals surface area contributed by atoms with E-state index in [-0.39, 0.29) is 16.7 Å². The van der Waals surface area contributed by atoms with Crippen molar-refractivity contribution in [1.82, 2.24) is 14.9 Å². The molecule has 0 bridgehead atoms. The van der Waals surface area contributed by atoms with Crippen LogP contribution in [0.4, 0.5) is 5.69 Å². The van der Waals surface area contributed by atoms with E-state index >= 15 is 0 Å². The van der Waals surface area contributed by atoms with E-state index < -0.39 is 0 Å². The number of nitro groups is 1. The topological polar surface area (TPSA) is 73.0 Å². The highest BCUT2D eigenvalue weighted by Gasteiger charge is 2.19. The van der Waals surface area contributed by atoms with E-state index in [1.165, 1.54) is 0 Å². The van der Waals surface area contributed by atoms with Crippen LogP contribution in [-0.2, 0) is 6.54 Å². The van der Waals surface area contributed by atoms with Crippen LogP contribution in [0.15, 0.2) is 24.5 Å². The van der Waals surface area contributed by atoms with Gasteiger partial charge in [0.05, 0.1) is 22.7 Å². The Morgan fingerprint density at radius 2 is 2.19 bits per heavy atom. The van der Waals surface area contributed by atoms with Crippen LogP contribution in [-0.4, -0.2) is 21.5 Å². The molecule has 2 rings (SSSR count). The third kappa shape index (κ3) is 2.95. The summed E-state index contributed by atoms with van der Waals surface area (Å²) in [6, 6.07) is 4.22. The molecule has 0 aliphatic heterocycles. The molecule has 0 radical (unpaired) electrons. The van der Waals surface area contributed by atoms with E-state index in [9.17, 15) is 10.1 Å². The van der Waals surface area contributed by atoms with Gasteiger partial charge in [-0.25, -0.2) is 0 Å². The molecule has 2 heterocycles. The molecule has 0 amide bonds. The molecule has 6 heteroatoms. The van der Waals surface area contributed by atoms with Gasteiger partial charge in [-0.05, 0) is 40.0 Å². The van der Waals surface area contributed by atoms with Crippen molar-refractivity contribution >= 4 is 5.69 Å². The van der Waals surface area contributed by atoms with Gasteiger partial charge in [0.1, 0.15) is 0 Å². The molecule has 2 aromatic heterocycles. The maximum absolute atomic E-state index is 11.2. The third-order valence-corrected chi connectivity index (χ3v) is 3.82. The second-order valence-electron chi connectivity index (χ2n) is 5.19. The Morgan fingerprint density at radius 3 is 2.81 bits per heavy atom. The maximum atomic E-state index is 11.2. The number of hydrogen-bond donors (Lipinski definition) is 1. The second-order valence-corrected chi connectivity index (χ2v) is 5.19. The van der Waals surface area contributed by atoms with E-state index in [1.807, 2.05) is 25.4 Å². The second kappa shape index (κ2) is 6.05. The van der Waals surface area contributed by atoms with E-state index in [0.29, 0.717) is 17.7 Å². The van der Waals surface area contributed by atoms with Crippen LogP contribution < -0.4 is 5.32 Å². The Labute approximate surface area is 124 Å². The number of nitrogens with zero attached hydrogens (tertiary/aromatic N) is 3. The van der Waals surface area contributed by atoms with Crippen LogP contribution >= 0.6 is 0 Å². The molecule has 0 saturated carbocycles. The average molecular weight is 288 g/mol. The highest BCUT2D eigenvalue weighted by atomic mass is 16.6. The molecule has 2 aromatic rings. The summed E-state index contributed by atoms with van der Waals surface area (Å²) < 4.78 is 2.07. The minimum absolute atomic E-state index is 0.162. The van der Waals surface area contributed by atoms with Gasteiger partial charge in [-0.3, -0.25) is 15.1 Å². The lowest BCUT2D eigenvalue weighted by Crippen LogP contribution is -2.17. The van der Waals surface area contributed by atoms with E-state index in [1.54, 1.807) is 20.0 Å². The number of hydrogen-bond acceptors (Lipinski definition) is 4. The fraction of sp³-hybridized carbons (Fsp3) is 0.400. The smallest absolute Gasteiger partial charge is 0.278 e. The molecular weight excluding hydrogens is 268 g/mol. The van der Waals surface area contributed by atoms with Crippen molar-refractivity contribution in [1.29, 1.82) is 0 Å². The van der Waals surface area contributed by atoms with E-state index in [4.69, 9.17) is 0 Å². The summed E-state index contributed by atoms with van der Waals surface area (Å²) in [5.41, 5.74) is 3.25. The van der Waals surface area contributed by atoms with Crippen molar-refractivity contribution in [2.75, 3.05) is 7.05 Å². The molecule has 0 aliphatic rings. The quantitative estimate of drug-likeness (QED) is 0.678. The highest BCUT2D eigenvalue weighted by Crippen LogP contribution is 2.25. The summed E-state index contributed by atoms with van der Waals surface area (Å²) in [6.45, 7) is 6.08. The van der Waals surface area contributed by atoms with Crippen LogP contribution in [0, 0.1) is 24.0 Å². The van der Waals surface area contributed by atoms with Crippen molar-refractivity contribution < 1.29 is 4.92 Å². The summed E-state index contributed by atoms with van der Waals surface area (Å²) >= 11 is 0. The average Bonchev–Trinajstić information content (AvgIpc) is 2.89. The predicted octanol–water partition coefficient (Wildman–Crippen LogP) is 2.74. The summed E-state index contributed by atoms with van der Waals surface area (Å²) in [7, 11) is 1.90. The summed E-state index contributed by atoms with van der Waals surface area (Å²) in [5, 5.41) is 14.4. The van der Waals surface area contributed by atoms with E-state index in [2.05, 4.69) is 21.8 Å². The van der Waals surface area contributed by atoms with Crippen LogP contribution in [0.5, 0.6) is 0 Å². The largest absolute Gasteiger partial charge is 0.344 e. The molecule has 6 nitrogen and oxygen atoms in total. The molecule has 0 fully saturated rings. The monoisotopic (exact) mass is 288 g/mol. The first kappa shape index (κ1) is 15.2. The molecule has 21 heavy (non-hydrogen) atoms. The Hall–Kier alpha value is -2.21. The minimum atomic E-state index is -0.331. The first-order valence-electron chi connectivity index (χ1n) is 6.87. The lowest BCUT2D eigenvalue weighted by Gasteiger charge is -2.15. The van der Waals surface area contributed by atoms with Crippen molar-refractivity contribution in [3.8, 4) is 0 Å². The molecule has 0 aromatic carbocycles. The summed E-state index contributed by atoms with van der Waals surface area (Å²) in [4.78, 5) is 15.2. The van der Waals surface area contributed by atoms with E-state index in [0.717, 1.165) is 11.4 Å². The summed E-state index contributed by atoms with van der Waals surface area (Å²) in [6.07, 6.45) is 3.54. The molecule has 0 spiro atoms. The Balaban J connectivity index is 2.39. The van der Waals surface area contributed by atoms with Crippen molar-refractivity contribution in [2.24, 2.45) is 0 Å². The molecule has 1 N–H and O–H groups in total. The van der Waals surface area contributed by atoms with Crippen LogP contribution in [0.1, 0.15) is 35.5 Å². The molecule has 112 valence electrons. The Kier molecular flexibility index (Phi) is 4.37. The molecule has 1 unspecified atom stereocenters. The standard InChI is InChI=1S/C15H20N4O2/c1-10-8-17-13(11(2)15(10)19(20)21)9-18-7-5-6-14(18)12(3)16-4/h5-8,12,16H,9H2,1-4H3. The fourth-order valence-electron chi connectivity index (χ4n) is 2.48. The lowest BCUT2D eigenvalue weighted by molar-refractivity contribution is -0.386. The van der Waals surface area contributed by atoms with Gasteiger partial charge in [0.25, 0.3) is 5.69 Å². The first-order valence-corrected chi connectivity index (χ1v) is 6.87. The first-order chi connectivity index (χ1) is 9.95. The summed E-state index contributed by atoms with van der Waals surface area (Å²) in [5.74, 6) is 0. The van der Waals surface area contributed by atoms with Crippen molar-refractivity contribution in [2.45, 2.75) is 33.4 Å². The number of aryl methyl sites for hydroxylation is 1. The minimum Gasteiger partial charge on any atom is -0.344 e. The van der Waals surface area contributed by atoms with Gasteiger partial charge in [0.2, 0.25) is 0 Å². The number of pyridine rings is 1. The zero-order valence-corrected chi connectivity index (χ0v) is 12.8. The van der Waals surface area contributed by atoms with Gasteiger partial charge in [0, 0.05) is 29.7 Å². The Morgan fingerprint density at radius 1 is 1.48 bits per heavy atom.